The number of hydrazine groups is 3. The number of fused-ring (bicyclic) bond motifs is 12. The van der Waals surface area contributed by atoms with Crippen LogP contribution in [0, 0.1) is 45.8 Å². The van der Waals surface area contributed by atoms with E-state index in [1.165, 1.54) is 15.0 Å². The molecule has 8 aliphatic heterocycles. The first-order valence-electron chi connectivity index (χ1n) is 46.9. The average Bonchev–Trinajstić information content (AvgIpc) is 1.20. The zero-order chi connectivity index (χ0) is 95.2. The van der Waals surface area contributed by atoms with Crippen LogP contribution in [-0.2, 0) is 76.5 Å². The number of carbonyl (C=O) groups is 12. The number of hydrogen-bond acceptors (Lipinski definition) is 22. The van der Waals surface area contributed by atoms with E-state index in [0.29, 0.717) is 115 Å². The number of esters is 2. The Bertz CT molecular complexity index is 5100. The van der Waals surface area contributed by atoms with Gasteiger partial charge in [0.15, 0.2) is 0 Å². The molecule has 5 fully saturated rings. The molecule has 10 amide bonds. The maximum absolute atomic E-state index is 14.0. The summed E-state index contributed by atoms with van der Waals surface area (Å²) in [6.07, 6.45) is 17.2. The van der Waals surface area contributed by atoms with E-state index in [-0.39, 0.29) is 77.0 Å². The maximum atomic E-state index is 14.0. The molecule has 12 atom stereocenters. The van der Waals surface area contributed by atoms with Crippen molar-refractivity contribution in [3.05, 3.63) is 143 Å². The van der Waals surface area contributed by atoms with Crippen molar-refractivity contribution in [2.45, 2.75) is 260 Å². The predicted octanol–water partition coefficient (Wildman–Crippen LogP) is 10.3. The molecule has 32 heteroatoms. The smallest absolute Gasteiger partial charge is 0.325 e. The van der Waals surface area contributed by atoms with Crippen LogP contribution in [0.4, 0.5) is 0 Å². The molecule has 5 saturated heterocycles. The molecule has 3 aromatic heterocycles. The van der Waals surface area contributed by atoms with Gasteiger partial charge in [-0.1, -0.05) is 133 Å². The van der Waals surface area contributed by atoms with Crippen LogP contribution < -0.4 is 53.5 Å². The van der Waals surface area contributed by atoms with Crippen molar-refractivity contribution >= 4 is 122 Å². The molecule has 14 rings (SSSR count). The van der Waals surface area contributed by atoms with Gasteiger partial charge in [0.1, 0.15) is 66.6 Å². The van der Waals surface area contributed by atoms with E-state index in [1.807, 2.05) is 170 Å². The number of rotatable bonds is 7. The van der Waals surface area contributed by atoms with Crippen LogP contribution in [0.3, 0.4) is 0 Å². The van der Waals surface area contributed by atoms with E-state index >= 15 is 0 Å². The molecule has 15 bridgehead atoms. The van der Waals surface area contributed by atoms with Crippen LogP contribution >= 0.6 is 0 Å². The zero-order valence-corrected chi connectivity index (χ0v) is 79.1. The molecule has 710 valence electrons. The monoisotopic (exact) mass is 1820 g/mol. The van der Waals surface area contributed by atoms with Crippen molar-refractivity contribution in [1.82, 2.24) is 83.5 Å². The fraction of sp³-hybridized carbons (Fsp3) is 0.550. The zero-order valence-electron chi connectivity index (χ0n) is 79.1. The number of nitrogens with one attached hydrogen (secondary N) is 10. The lowest BCUT2D eigenvalue weighted by atomic mass is 9.89. The first-order valence-corrected chi connectivity index (χ1v) is 46.9. The summed E-state index contributed by atoms with van der Waals surface area (Å²) in [6, 6.07) is 21.5. The number of hydrogen-bond donors (Lipinski definition) is 10. The summed E-state index contributed by atoms with van der Waals surface area (Å²) < 4.78 is 22.8. The minimum Gasteiger partial charge on any atom is -0.455 e. The molecule has 0 spiro atoms. The number of nitrogens with zero attached hydrogens (tertiary/aromatic N) is 6. The van der Waals surface area contributed by atoms with E-state index in [2.05, 4.69) is 53.5 Å². The van der Waals surface area contributed by atoms with Gasteiger partial charge in [0, 0.05) is 62.2 Å². The fourth-order valence-corrected chi connectivity index (χ4v) is 17.1. The largest absolute Gasteiger partial charge is 0.455 e. The quantitative estimate of drug-likeness (QED) is 0.0664. The molecule has 0 unspecified atom stereocenters. The molecule has 0 saturated carbocycles. The van der Waals surface area contributed by atoms with Gasteiger partial charge in [0.05, 0.1) is 55.9 Å². The SMILES string of the molecule is CC(C)[C@@H]1NC(=O)C(C)(C)/C=C/c2ccc3ccc(nc3c2)[C@@H](C)NC(=O)[C@@H]2CCCN(N2)C(=O)[C@H](C)NC1=O.CC(C)[C@@H]1NC(=O)C(C)(C)/C=C/c2ccc3ccc(nc3c2)[C@@H](C)OC(=O)[C@@H]2CCCN(N2)C(=O)[C@@H](CC2CCOCC2)NC1=O.CC(C)[C@@H]1NC(=O)C(C)(C)/C=C/c2ccc3ccc(nc3c2)[C@@H](C)OC(=O)[C@@H]2CCCN(N2)C(=O)[C@H](CC2CCOCC2)NC1=O. The second kappa shape index (κ2) is 43.9. The van der Waals surface area contributed by atoms with Crippen molar-refractivity contribution in [3.63, 3.8) is 0 Å². The first kappa shape index (κ1) is 99.6. The van der Waals surface area contributed by atoms with Crippen molar-refractivity contribution in [1.29, 1.82) is 0 Å². The Hall–Kier alpha value is -11.5. The Morgan fingerprint density at radius 3 is 1.04 bits per heavy atom. The highest BCUT2D eigenvalue weighted by Crippen LogP contribution is 2.33. The number of benzene rings is 3. The van der Waals surface area contributed by atoms with Crippen LogP contribution in [0.5, 0.6) is 0 Å². The van der Waals surface area contributed by atoms with Crippen LogP contribution in [0.25, 0.3) is 50.9 Å². The predicted molar refractivity (Wildman–Crippen MR) is 501 cm³/mol. The van der Waals surface area contributed by atoms with Crippen LogP contribution in [0.1, 0.15) is 240 Å². The molecule has 0 aliphatic carbocycles. The number of pyridine rings is 3. The molecule has 8 aliphatic rings. The van der Waals surface area contributed by atoms with Crippen LogP contribution in [-0.4, -0.2) is 201 Å². The number of ether oxygens (including phenoxy) is 4. The van der Waals surface area contributed by atoms with Gasteiger partial charge in [-0.15, -0.1) is 0 Å². The number of amides is 10. The lowest BCUT2D eigenvalue weighted by molar-refractivity contribution is -0.158. The van der Waals surface area contributed by atoms with Gasteiger partial charge in [-0.05, 0) is 229 Å². The van der Waals surface area contributed by atoms with Crippen molar-refractivity contribution in [2.24, 2.45) is 45.8 Å². The summed E-state index contributed by atoms with van der Waals surface area (Å²) in [5.74, 6) is -4.66. The molecular weight excluding hydrogens is 1680 g/mol. The molecule has 0 radical (unpaired) electrons. The fourth-order valence-electron chi connectivity index (χ4n) is 17.1. The summed E-state index contributed by atoms with van der Waals surface area (Å²) in [7, 11) is 0. The summed E-state index contributed by atoms with van der Waals surface area (Å²) in [6.45, 7) is 32.6. The number of aromatic nitrogens is 3. The normalized spacial score (nSPS) is 27.5. The van der Waals surface area contributed by atoms with Crippen molar-refractivity contribution < 1.29 is 76.5 Å². The third-order valence-corrected chi connectivity index (χ3v) is 26.0. The molecule has 3 aromatic carbocycles. The van der Waals surface area contributed by atoms with Gasteiger partial charge in [0.25, 0.3) is 17.7 Å². The van der Waals surface area contributed by atoms with E-state index in [0.717, 1.165) is 75.1 Å². The van der Waals surface area contributed by atoms with Gasteiger partial charge in [-0.2, -0.15) is 0 Å². The van der Waals surface area contributed by atoms with Crippen molar-refractivity contribution in [3.8, 4) is 0 Å². The first-order chi connectivity index (χ1) is 62.7. The highest BCUT2D eigenvalue weighted by molar-refractivity contribution is 5.98. The van der Waals surface area contributed by atoms with Gasteiger partial charge >= 0.3 is 11.9 Å². The van der Waals surface area contributed by atoms with Gasteiger partial charge < -0.3 is 56.2 Å². The second-order valence-corrected chi connectivity index (χ2v) is 39.1. The Labute approximate surface area is 773 Å². The van der Waals surface area contributed by atoms with Gasteiger partial charge in [-0.25, -0.2) is 26.2 Å². The molecule has 10 N–H and O–H groups in total. The minimum absolute atomic E-state index is 0.183. The van der Waals surface area contributed by atoms with E-state index < -0.39 is 112 Å². The van der Waals surface area contributed by atoms with Crippen molar-refractivity contribution in [2.75, 3.05) is 46.1 Å². The highest BCUT2D eigenvalue weighted by atomic mass is 16.6. The van der Waals surface area contributed by atoms with Crippen LogP contribution in [0.2, 0.25) is 0 Å². The number of cyclic esters (lactones) is 2. The highest BCUT2D eigenvalue weighted by Gasteiger charge is 2.43. The van der Waals surface area contributed by atoms with Crippen LogP contribution in [0.15, 0.2) is 109 Å². The lowest BCUT2D eigenvalue weighted by Crippen LogP contribution is -2.62. The third kappa shape index (κ3) is 25.7. The Kier molecular flexibility index (Phi) is 33.1. The molecule has 11 heterocycles. The Morgan fingerprint density at radius 2 is 0.674 bits per heavy atom. The summed E-state index contributed by atoms with van der Waals surface area (Å²) in [5.41, 5.74) is 13.2. The van der Waals surface area contributed by atoms with E-state index in [4.69, 9.17) is 33.9 Å². The van der Waals surface area contributed by atoms with E-state index in [1.54, 1.807) is 68.4 Å². The van der Waals surface area contributed by atoms with E-state index in [9.17, 15) is 57.5 Å². The molecular formula is C100H134N16O16. The Morgan fingerprint density at radius 1 is 0.364 bits per heavy atom. The molecule has 6 aromatic rings. The van der Waals surface area contributed by atoms with Gasteiger partial charge in [-0.3, -0.25) is 77.5 Å². The molecule has 132 heavy (non-hydrogen) atoms. The van der Waals surface area contributed by atoms with Gasteiger partial charge in [0.2, 0.25) is 41.4 Å². The molecule has 32 nitrogen and oxygen atoms in total. The third-order valence-electron chi connectivity index (χ3n) is 26.0. The Balaban J connectivity index is 0.000000179. The minimum atomic E-state index is -0.941. The lowest BCUT2D eigenvalue weighted by Gasteiger charge is -2.37. The number of carbonyl (C=O) groups excluding carboxylic acids is 12. The second-order valence-electron chi connectivity index (χ2n) is 39.1. The summed E-state index contributed by atoms with van der Waals surface area (Å²) >= 11 is 0. The maximum Gasteiger partial charge on any atom is 0.325 e. The topological polar surface area (TPSA) is 410 Å². The summed E-state index contributed by atoms with van der Waals surface area (Å²) in [4.78, 5) is 177. The summed E-state index contributed by atoms with van der Waals surface area (Å²) in [5, 5.41) is 27.6. The standard InChI is InChI=1S/2C35H47N5O6.C30H40N6O4/c2*1-21(2)30-31(41)37-29(20-24-13-17-45-18-14-24)32(42)40-16-6-7-27(39-40)33(43)46-22(3)26-11-10-25-9-8-23(19-28(25)36-26)12-15-35(4,5)34(44)38-30;1-17(2)25-27(38)32-19(4)28(39)36-15-7-8-23(35-36)26(37)31-18(3)22-12-11-21-10-9-20(16-24(21)33-22)13-14-30(5,6)29(40)34-25/h2*8-12,15,19,21-22,24,27,29-30,39H,6-7,13-14,16-18,20H2,1-5H3,(H,37,41)(H,38,44);9-14,16-19,23,25,35H,7-8,15H2,1-6H3,(H,31,37)(H,32,38)(H,34,40)/b2*15-12+;14-13+/t22-,27+,29+,30+;22-,27+,29-,30+;18-,19+,23+,25+/m111/s1. The average molecular weight is 1820 g/mol.